The van der Waals surface area contributed by atoms with Crippen LogP contribution in [0.1, 0.15) is 11.6 Å². The van der Waals surface area contributed by atoms with Gasteiger partial charge in [0.1, 0.15) is 12.3 Å². The number of benzene rings is 1. The van der Waals surface area contributed by atoms with E-state index < -0.39 is 0 Å². The van der Waals surface area contributed by atoms with Crippen molar-refractivity contribution < 1.29 is 4.79 Å². The fourth-order valence-electron chi connectivity index (χ4n) is 1.41. The van der Waals surface area contributed by atoms with Crippen molar-refractivity contribution in [3.05, 3.63) is 29.8 Å². The van der Waals surface area contributed by atoms with Crippen molar-refractivity contribution >= 4 is 17.9 Å². The summed E-state index contributed by atoms with van der Waals surface area (Å²) < 4.78 is 0. The molecule has 4 N–H and O–H groups in total. The molecule has 0 spiro atoms. The van der Waals surface area contributed by atoms with Gasteiger partial charge in [-0.2, -0.15) is 0 Å². The van der Waals surface area contributed by atoms with Crippen LogP contribution in [0.25, 0.3) is 0 Å². The molecule has 1 aliphatic rings. The number of hydrogen-bond donors (Lipinski definition) is 3. The third kappa shape index (κ3) is 1.33. The normalized spacial score (nSPS) is 18.9. The van der Waals surface area contributed by atoms with Gasteiger partial charge in [-0.1, -0.05) is 18.2 Å². The summed E-state index contributed by atoms with van der Waals surface area (Å²) in [5.41, 5.74) is 4.01. The molecule has 72 valence electrons. The van der Waals surface area contributed by atoms with E-state index in [2.05, 4.69) is 15.7 Å². The fourth-order valence-corrected chi connectivity index (χ4v) is 1.41. The van der Waals surface area contributed by atoms with Crippen molar-refractivity contribution in [1.29, 1.82) is 0 Å². The van der Waals surface area contributed by atoms with Gasteiger partial charge < -0.3 is 10.1 Å². The largest absolute Gasteiger partial charge is 0.341 e. The minimum absolute atomic E-state index is 0.380. The molecule has 5 nitrogen and oxygen atoms in total. The molecule has 5 heteroatoms. The predicted molar refractivity (Wildman–Crippen MR) is 52.8 cm³/mol. The maximum Gasteiger partial charge on any atom is 0.211 e. The zero-order valence-corrected chi connectivity index (χ0v) is 7.40. The van der Waals surface area contributed by atoms with Crippen molar-refractivity contribution in [3.63, 3.8) is 0 Å². The minimum atomic E-state index is -0.380. The maximum atomic E-state index is 10.8. The topological polar surface area (TPSA) is 79.5 Å². The Kier molecular flexibility index (Phi) is 2.16. The Labute approximate surface area is 81.0 Å². The molecular formula is C9H10N4O. The number of para-hydroxylation sites is 1. The van der Waals surface area contributed by atoms with Crippen LogP contribution in [-0.4, -0.2) is 12.2 Å². The van der Waals surface area contributed by atoms with Gasteiger partial charge in [0.15, 0.2) is 0 Å². The summed E-state index contributed by atoms with van der Waals surface area (Å²) >= 11 is 0. The van der Waals surface area contributed by atoms with E-state index >= 15 is 0 Å². The van der Waals surface area contributed by atoms with Crippen LogP contribution < -0.4 is 16.6 Å². The van der Waals surface area contributed by atoms with Crippen LogP contribution in [0.15, 0.2) is 29.3 Å². The summed E-state index contributed by atoms with van der Waals surface area (Å²) in [5.74, 6) is 5.62. The summed E-state index contributed by atoms with van der Waals surface area (Å²) in [4.78, 5) is 15.0. The van der Waals surface area contributed by atoms with Gasteiger partial charge in [-0.15, -0.1) is 0 Å². The van der Waals surface area contributed by atoms with Crippen LogP contribution in [0, 0.1) is 0 Å². The predicted octanol–water partition coefficient (Wildman–Crippen LogP) is -0.0194. The number of nitrogens with two attached hydrogens (primary N) is 1. The number of nitrogens with zero attached hydrogens (tertiary/aromatic N) is 1. The molecule has 1 aromatic carbocycles. The molecule has 0 amide bonds. The first-order valence-electron chi connectivity index (χ1n) is 4.21. The van der Waals surface area contributed by atoms with Crippen molar-refractivity contribution in [2.75, 3.05) is 0 Å². The van der Waals surface area contributed by atoms with E-state index in [1.165, 1.54) is 0 Å². The highest BCUT2D eigenvalue weighted by Gasteiger charge is 2.19. The first-order chi connectivity index (χ1) is 6.85. The highest BCUT2D eigenvalue weighted by molar-refractivity contribution is 5.88. The average Bonchev–Trinajstić information content (AvgIpc) is 2.27. The van der Waals surface area contributed by atoms with Crippen molar-refractivity contribution in [3.8, 4) is 0 Å². The zero-order chi connectivity index (χ0) is 9.97. The number of nitrogens with one attached hydrogen (secondary N) is 2. The lowest BCUT2D eigenvalue weighted by Crippen LogP contribution is -2.45. The molecule has 1 unspecified atom stereocenters. The number of hydrogen-bond acceptors (Lipinski definition) is 5. The van der Waals surface area contributed by atoms with E-state index in [9.17, 15) is 4.79 Å². The van der Waals surface area contributed by atoms with E-state index in [0.29, 0.717) is 5.96 Å². The monoisotopic (exact) mass is 190 g/mol. The van der Waals surface area contributed by atoms with Gasteiger partial charge in [-0.3, -0.25) is 5.43 Å². The van der Waals surface area contributed by atoms with Crippen LogP contribution in [0.4, 0.5) is 5.69 Å². The quantitative estimate of drug-likeness (QED) is 0.330. The standard InChI is InChI=1S/C9H10N4O/c10-13-9-11-7-4-2-1-3-6(7)8(5-14)12-9/h1-5,8H,10H2,(H2,11,12,13). The third-order valence-corrected chi connectivity index (χ3v) is 2.07. The van der Waals surface area contributed by atoms with Gasteiger partial charge in [-0.25, -0.2) is 10.8 Å². The van der Waals surface area contributed by atoms with Crippen molar-refractivity contribution in [1.82, 2.24) is 10.7 Å². The first-order valence-corrected chi connectivity index (χ1v) is 4.21. The molecular weight excluding hydrogens is 180 g/mol. The van der Waals surface area contributed by atoms with Gasteiger partial charge in [-0.05, 0) is 6.07 Å². The van der Waals surface area contributed by atoms with Crippen LogP contribution in [0.5, 0.6) is 0 Å². The Morgan fingerprint density at radius 3 is 3.00 bits per heavy atom. The van der Waals surface area contributed by atoms with Crippen LogP contribution >= 0.6 is 0 Å². The Balaban J connectivity index is 2.48. The molecule has 0 aromatic heterocycles. The summed E-state index contributed by atoms with van der Waals surface area (Å²) in [7, 11) is 0. The molecule has 1 atom stereocenters. The molecule has 2 rings (SSSR count). The molecule has 0 saturated carbocycles. The van der Waals surface area contributed by atoms with E-state index in [4.69, 9.17) is 5.84 Å². The lowest BCUT2D eigenvalue weighted by Gasteiger charge is -2.22. The Bertz CT molecular complexity index is 388. The lowest BCUT2D eigenvalue weighted by molar-refractivity contribution is -0.109. The number of carbonyl (C=O) groups is 1. The molecule has 1 heterocycles. The second-order valence-electron chi connectivity index (χ2n) is 2.92. The number of carbonyl (C=O) groups excluding carboxylic acids is 1. The SMILES string of the molecule is NNC1=Nc2ccccc2C(C=O)N1. The van der Waals surface area contributed by atoms with E-state index in [1.807, 2.05) is 24.3 Å². The Hall–Kier alpha value is -1.88. The second-order valence-corrected chi connectivity index (χ2v) is 2.92. The molecule has 0 bridgehead atoms. The van der Waals surface area contributed by atoms with Crippen LogP contribution in [0.3, 0.4) is 0 Å². The second kappa shape index (κ2) is 3.47. The van der Waals surface area contributed by atoms with E-state index in [0.717, 1.165) is 17.5 Å². The van der Waals surface area contributed by atoms with Crippen LogP contribution in [0.2, 0.25) is 0 Å². The lowest BCUT2D eigenvalue weighted by atomic mass is 10.1. The summed E-state index contributed by atoms with van der Waals surface area (Å²) in [6.07, 6.45) is 0.824. The van der Waals surface area contributed by atoms with Gasteiger partial charge in [0, 0.05) is 5.56 Å². The molecule has 0 aliphatic carbocycles. The molecule has 1 aliphatic heterocycles. The zero-order valence-electron chi connectivity index (χ0n) is 7.40. The Morgan fingerprint density at radius 2 is 2.29 bits per heavy atom. The summed E-state index contributed by atoms with van der Waals surface area (Å²) in [5, 5.41) is 2.85. The maximum absolute atomic E-state index is 10.8. The highest BCUT2D eigenvalue weighted by atomic mass is 16.1. The van der Waals surface area contributed by atoms with E-state index in [1.54, 1.807) is 0 Å². The van der Waals surface area contributed by atoms with Crippen molar-refractivity contribution in [2.45, 2.75) is 6.04 Å². The van der Waals surface area contributed by atoms with Gasteiger partial charge in [0.05, 0.1) is 5.69 Å². The first kappa shape index (κ1) is 8.71. The van der Waals surface area contributed by atoms with Crippen LogP contribution in [-0.2, 0) is 4.79 Å². The molecule has 0 radical (unpaired) electrons. The number of fused-ring (bicyclic) bond motifs is 1. The summed E-state index contributed by atoms with van der Waals surface area (Å²) in [6, 6.07) is 7.05. The smallest absolute Gasteiger partial charge is 0.211 e. The average molecular weight is 190 g/mol. The van der Waals surface area contributed by atoms with Gasteiger partial charge in [0.25, 0.3) is 0 Å². The number of aldehydes is 1. The van der Waals surface area contributed by atoms with E-state index in [-0.39, 0.29) is 6.04 Å². The molecule has 0 fully saturated rings. The van der Waals surface area contributed by atoms with Crippen molar-refractivity contribution in [2.24, 2.45) is 10.8 Å². The highest BCUT2D eigenvalue weighted by Crippen LogP contribution is 2.27. The Morgan fingerprint density at radius 1 is 1.50 bits per heavy atom. The van der Waals surface area contributed by atoms with Gasteiger partial charge >= 0.3 is 0 Å². The molecule has 1 aromatic rings. The number of aliphatic imine (C=N–C) groups is 1. The summed E-state index contributed by atoms with van der Waals surface area (Å²) in [6.45, 7) is 0. The van der Waals surface area contributed by atoms with Gasteiger partial charge in [0.2, 0.25) is 5.96 Å². The molecule has 14 heavy (non-hydrogen) atoms. The minimum Gasteiger partial charge on any atom is -0.341 e. The number of hydrazine groups is 1. The number of rotatable bonds is 1. The third-order valence-electron chi connectivity index (χ3n) is 2.07. The molecule has 0 saturated heterocycles. The fraction of sp³-hybridized carbons (Fsp3) is 0.111. The number of guanidine groups is 1.